The van der Waals surface area contributed by atoms with Crippen LogP contribution in [-0.4, -0.2) is 44.2 Å². The van der Waals surface area contributed by atoms with Gasteiger partial charge in [0.15, 0.2) is 5.82 Å². The van der Waals surface area contributed by atoms with Crippen molar-refractivity contribution in [2.45, 2.75) is 32.4 Å². The summed E-state index contributed by atoms with van der Waals surface area (Å²) in [6.45, 7) is 3.10. The largest absolute Gasteiger partial charge is 0.497 e. The van der Waals surface area contributed by atoms with Crippen molar-refractivity contribution in [3.8, 4) is 17.4 Å². The number of methoxy groups -OCH3 is 1. The van der Waals surface area contributed by atoms with Gasteiger partial charge < -0.3 is 14.4 Å². The number of carbonyl (C=O) groups is 1. The van der Waals surface area contributed by atoms with Crippen LogP contribution in [-0.2, 0) is 6.54 Å². The molecule has 0 spiro atoms. The van der Waals surface area contributed by atoms with Gasteiger partial charge in [0.05, 0.1) is 19.7 Å². The topological polar surface area (TPSA) is 82.4 Å². The minimum absolute atomic E-state index is 0.0158. The Balaban J connectivity index is 1.39. The highest BCUT2D eigenvalue weighted by Gasteiger charge is 2.33. The second kappa shape index (κ2) is 9.97. The van der Waals surface area contributed by atoms with Gasteiger partial charge in [0.2, 0.25) is 5.88 Å². The Morgan fingerprint density at radius 2 is 1.86 bits per heavy atom. The number of aryl methyl sites for hydroxylation is 1. The maximum atomic E-state index is 13.7. The lowest BCUT2D eigenvalue weighted by atomic mass is 10.1. The van der Waals surface area contributed by atoms with Gasteiger partial charge in [-0.25, -0.2) is 4.98 Å². The Morgan fingerprint density at radius 3 is 2.63 bits per heavy atom. The van der Waals surface area contributed by atoms with Crippen LogP contribution in [0.15, 0.2) is 73.1 Å². The van der Waals surface area contributed by atoms with Crippen LogP contribution in [0.25, 0.3) is 0 Å². The van der Waals surface area contributed by atoms with Crippen LogP contribution >= 0.6 is 0 Å². The predicted octanol–water partition coefficient (Wildman–Crippen LogP) is 4.81. The normalized spacial score (nSPS) is 15.3. The van der Waals surface area contributed by atoms with E-state index >= 15 is 0 Å². The zero-order valence-corrected chi connectivity index (χ0v) is 19.8. The number of nitrogens with zero attached hydrogens (tertiary/aromatic N) is 5. The zero-order valence-electron chi connectivity index (χ0n) is 19.8. The highest BCUT2D eigenvalue weighted by atomic mass is 16.5. The highest BCUT2D eigenvalue weighted by molar-refractivity contribution is 5.96. The molecule has 178 valence electrons. The molecule has 5 rings (SSSR count). The van der Waals surface area contributed by atoms with E-state index in [1.807, 2.05) is 77.3 Å². The number of ether oxygens (including phenoxy) is 2. The van der Waals surface area contributed by atoms with E-state index in [9.17, 15) is 4.79 Å². The molecule has 2 aromatic heterocycles. The molecule has 8 heteroatoms. The molecule has 0 bridgehead atoms. The van der Waals surface area contributed by atoms with Crippen molar-refractivity contribution < 1.29 is 14.3 Å². The molecule has 1 aliphatic rings. The first-order valence-corrected chi connectivity index (χ1v) is 11.6. The fraction of sp³-hybridized carbons (Fsp3) is 0.259. The number of amides is 1. The highest BCUT2D eigenvalue weighted by Crippen LogP contribution is 2.33. The number of benzene rings is 2. The SMILES string of the molecule is COc1ccc(Oc2cc(C)nc(C3CCCN3C(=O)c3ccccc3Cn3cccn3)n2)cc1. The van der Waals surface area contributed by atoms with Crippen molar-refractivity contribution in [3.63, 3.8) is 0 Å². The van der Waals surface area contributed by atoms with Gasteiger partial charge in [0, 0.05) is 36.3 Å². The van der Waals surface area contributed by atoms with Gasteiger partial charge in [-0.05, 0) is 61.7 Å². The van der Waals surface area contributed by atoms with Crippen LogP contribution in [0.3, 0.4) is 0 Å². The molecule has 1 fully saturated rings. The molecule has 0 aliphatic carbocycles. The molecule has 0 N–H and O–H groups in total. The smallest absolute Gasteiger partial charge is 0.254 e. The van der Waals surface area contributed by atoms with Crippen LogP contribution in [0.2, 0.25) is 0 Å². The third kappa shape index (κ3) is 5.01. The summed E-state index contributed by atoms with van der Waals surface area (Å²) < 4.78 is 13.0. The maximum absolute atomic E-state index is 13.7. The molecule has 1 amide bonds. The molecule has 4 aromatic rings. The van der Waals surface area contributed by atoms with Crippen LogP contribution < -0.4 is 9.47 Å². The Morgan fingerprint density at radius 1 is 1.06 bits per heavy atom. The number of hydrogen-bond donors (Lipinski definition) is 0. The van der Waals surface area contributed by atoms with E-state index in [1.165, 1.54) is 0 Å². The van der Waals surface area contributed by atoms with Gasteiger partial charge in [-0.1, -0.05) is 18.2 Å². The first-order valence-electron chi connectivity index (χ1n) is 11.6. The molecule has 1 saturated heterocycles. The molecular formula is C27H27N5O3. The Kier molecular flexibility index (Phi) is 6.43. The van der Waals surface area contributed by atoms with Gasteiger partial charge in [-0.15, -0.1) is 0 Å². The lowest BCUT2D eigenvalue weighted by molar-refractivity contribution is 0.0728. The van der Waals surface area contributed by atoms with Gasteiger partial charge in [-0.2, -0.15) is 10.1 Å². The number of aromatic nitrogens is 4. The van der Waals surface area contributed by atoms with E-state index in [4.69, 9.17) is 14.5 Å². The Labute approximate surface area is 204 Å². The molecule has 3 heterocycles. The molecule has 1 aliphatic heterocycles. The second-order valence-corrected chi connectivity index (χ2v) is 8.50. The number of hydrogen-bond acceptors (Lipinski definition) is 6. The third-order valence-electron chi connectivity index (χ3n) is 6.08. The molecular weight excluding hydrogens is 442 g/mol. The van der Waals surface area contributed by atoms with E-state index in [0.29, 0.717) is 36.1 Å². The molecule has 0 radical (unpaired) electrons. The van der Waals surface area contributed by atoms with Crippen LogP contribution in [0.1, 0.15) is 46.3 Å². The van der Waals surface area contributed by atoms with Crippen LogP contribution in [0.4, 0.5) is 0 Å². The van der Waals surface area contributed by atoms with E-state index in [-0.39, 0.29) is 11.9 Å². The fourth-order valence-corrected chi connectivity index (χ4v) is 4.40. The molecule has 2 aromatic carbocycles. The first kappa shape index (κ1) is 22.6. The fourth-order valence-electron chi connectivity index (χ4n) is 4.40. The average Bonchev–Trinajstić information content (AvgIpc) is 3.57. The molecule has 0 saturated carbocycles. The molecule has 35 heavy (non-hydrogen) atoms. The number of likely N-dealkylation sites (tertiary alicyclic amines) is 1. The van der Waals surface area contributed by atoms with Crippen LogP contribution in [0, 0.1) is 6.92 Å². The van der Waals surface area contributed by atoms with E-state index in [2.05, 4.69) is 10.1 Å². The third-order valence-corrected chi connectivity index (χ3v) is 6.08. The summed E-state index contributed by atoms with van der Waals surface area (Å²) >= 11 is 0. The van der Waals surface area contributed by atoms with Crippen molar-refractivity contribution in [2.24, 2.45) is 0 Å². The number of rotatable bonds is 7. The average molecular weight is 470 g/mol. The summed E-state index contributed by atoms with van der Waals surface area (Å²) in [5.41, 5.74) is 2.40. The van der Waals surface area contributed by atoms with Crippen molar-refractivity contribution in [3.05, 3.63) is 95.7 Å². The summed E-state index contributed by atoms with van der Waals surface area (Å²) in [5, 5.41) is 4.29. The van der Waals surface area contributed by atoms with Gasteiger partial charge in [-0.3, -0.25) is 9.48 Å². The lowest BCUT2D eigenvalue weighted by Gasteiger charge is -2.25. The van der Waals surface area contributed by atoms with Crippen molar-refractivity contribution in [1.82, 2.24) is 24.6 Å². The lowest BCUT2D eigenvalue weighted by Crippen LogP contribution is -2.32. The van der Waals surface area contributed by atoms with Gasteiger partial charge in [0.25, 0.3) is 5.91 Å². The minimum Gasteiger partial charge on any atom is -0.497 e. The van der Waals surface area contributed by atoms with Crippen molar-refractivity contribution in [2.75, 3.05) is 13.7 Å². The number of carbonyl (C=O) groups excluding carboxylic acids is 1. The maximum Gasteiger partial charge on any atom is 0.254 e. The minimum atomic E-state index is -0.210. The van der Waals surface area contributed by atoms with Crippen molar-refractivity contribution in [1.29, 1.82) is 0 Å². The monoisotopic (exact) mass is 469 g/mol. The predicted molar refractivity (Wildman–Crippen MR) is 131 cm³/mol. The summed E-state index contributed by atoms with van der Waals surface area (Å²) in [6, 6.07) is 18.5. The van der Waals surface area contributed by atoms with Gasteiger partial charge >= 0.3 is 0 Å². The van der Waals surface area contributed by atoms with E-state index in [0.717, 1.165) is 29.8 Å². The van der Waals surface area contributed by atoms with E-state index < -0.39 is 0 Å². The molecule has 1 unspecified atom stereocenters. The summed E-state index contributed by atoms with van der Waals surface area (Å²) in [4.78, 5) is 24.9. The quantitative estimate of drug-likeness (QED) is 0.386. The second-order valence-electron chi connectivity index (χ2n) is 8.50. The molecule has 1 atom stereocenters. The van der Waals surface area contributed by atoms with Crippen LogP contribution in [0.5, 0.6) is 17.4 Å². The Bertz CT molecular complexity index is 1300. The van der Waals surface area contributed by atoms with Gasteiger partial charge in [0.1, 0.15) is 11.5 Å². The first-order chi connectivity index (χ1) is 17.1. The zero-order chi connectivity index (χ0) is 24.2. The summed E-state index contributed by atoms with van der Waals surface area (Å²) in [7, 11) is 1.63. The van der Waals surface area contributed by atoms with Crippen molar-refractivity contribution >= 4 is 5.91 Å². The standard InChI is InChI=1S/C27H27N5O3/c1-19-17-25(35-22-12-10-21(34-2)11-13-22)30-26(29-19)24-9-5-16-32(24)27(33)23-8-4-3-7-20(23)18-31-15-6-14-28-31/h3-4,6-8,10-15,17,24H,5,9,16,18H2,1-2H3. The Hall–Kier alpha value is -4.20. The molecule has 8 nitrogen and oxygen atoms in total. The van der Waals surface area contributed by atoms with E-state index in [1.54, 1.807) is 19.4 Å². The summed E-state index contributed by atoms with van der Waals surface area (Å²) in [6.07, 6.45) is 5.33. The summed E-state index contributed by atoms with van der Waals surface area (Å²) in [5.74, 6) is 2.45.